The van der Waals surface area contributed by atoms with Crippen molar-refractivity contribution in [3.8, 4) is 0 Å². The SMILES string of the molecule is CCCOCC[Si](OC)(OC)c1cccc2c1S2. The molecule has 0 saturated carbocycles. The molecule has 3 nitrogen and oxygen atoms in total. The standard InChI is InChI=1S/C13H20O3SSi/c1-4-8-16-9-10-18(14-2,15-3)12-7-5-6-11-13(12)17-11/h5-7H,4,8-10H2,1-3H3. The molecular formula is C13H20O3SSi. The third-order valence-electron chi connectivity index (χ3n) is 3.14. The molecule has 100 valence electrons. The lowest BCUT2D eigenvalue weighted by atomic mass is 10.4. The second-order valence-corrected chi connectivity index (χ2v) is 8.67. The van der Waals surface area contributed by atoms with Crippen LogP contribution in [0.15, 0.2) is 28.0 Å². The van der Waals surface area contributed by atoms with Crippen molar-refractivity contribution in [1.82, 2.24) is 0 Å². The van der Waals surface area contributed by atoms with Gasteiger partial charge in [-0.3, -0.25) is 0 Å². The van der Waals surface area contributed by atoms with Gasteiger partial charge in [0.2, 0.25) is 0 Å². The van der Waals surface area contributed by atoms with Gasteiger partial charge in [-0.15, -0.1) is 0 Å². The van der Waals surface area contributed by atoms with Crippen molar-refractivity contribution in [3.05, 3.63) is 18.2 Å². The van der Waals surface area contributed by atoms with E-state index < -0.39 is 8.56 Å². The zero-order valence-corrected chi connectivity index (χ0v) is 13.0. The summed E-state index contributed by atoms with van der Waals surface area (Å²) in [4.78, 5) is 2.70. The largest absolute Gasteiger partial charge is 0.394 e. The molecule has 0 aromatic heterocycles. The summed E-state index contributed by atoms with van der Waals surface area (Å²) in [7, 11) is 1.20. The molecule has 0 aliphatic carbocycles. The molecule has 5 heteroatoms. The first kappa shape index (κ1) is 14.1. The molecule has 0 fully saturated rings. The Morgan fingerprint density at radius 2 is 1.94 bits per heavy atom. The molecule has 0 bridgehead atoms. The van der Waals surface area contributed by atoms with E-state index >= 15 is 0 Å². The van der Waals surface area contributed by atoms with E-state index in [9.17, 15) is 0 Å². The molecule has 0 unspecified atom stereocenters. The molecule has 1 aliphatic heterocycles. The summed E-state index contributed by atoms with van der Waals surface area (Å²) in [5.74, 6) is 0. The topological polar surface area (TPSA) is 27.7 Å². The smallest absolute Gasteiger partial charge is 0.375 e. The minimum Gasteiger partial charge on any atom is -0.394 e. The summed E-state index contributed by atoms with van der Waals surface area (Å²) >= 11 is 1.82. The van der Waals surface area contributed by atoms with Crippen molar-refractivity contribution in [2.75, 3.05) is 27.4 Å². The van der Waals surface area contributed by atoms with E-state index in [0.717, 1.165) is 19.1 Å². The van der Waals surface area contributed by atoms with Crippen LogP contribution in [0.4, 0.5) is 0 Å². The molecule has 18 heavy (non-hydrogen) atoms. The fraction of sp³-hybridized carbons (Fsp3) is 0.538. The normalized spacial score (nSPS) is 13.5. The maximum Gasteiger partial charge on any atom is 0.375 e. The fourth-order valence-corrected chi connectivity index (χ4v) is 5.99. The fourth-order valence-electron chi connectivity index (χ4n) is 2.08. The predicted octanol–water partition coefficient (Wildman–Crippen LogP) is 2.52. The summed E-state index contributed by atoms with van der Waals surface area (Å²) in [5, 5.41) is 1.26. The van der Waals surface area contributed by atoms with E-state index in [1.165, 1.54) is 15.0 Å². The lowest BCUT2D eigenvalue weighted by Crippen LogP contribution is -2.53. The van der Waals surface area contributed by atoms with Crippen molar-refractivity contribution in [2.24, 2.45) is 0 Å². The highest BCUT2D eigenvalue weighted by Crippen LogP contribution is 2.47. The van der Waals surface area contributed by atoms with Crippen LogP contribution in [-0.4, -0.2) is 36.0 Å². The Bertz CT molecular complexity index is 407. The van der Waals surface area contributed by atoms with Gasteiger partial charge in [0.05, 0.1) is 0 Å². The highest BCUT2D eigenvalue weighted by atomic mass is 32.2. The Labute approximate surface area is 114 Å². The quantitative estimate of drug-likeness (QED) is 0.423. The van der Waals surface area contributed by atoms with Crippen LogP contribution in [0, 0.1) is 0 Å². The lowest BCUT2D eigenvalue weighted by Gasteiger charge is -2.27. The van der Waals surface area contributed by atoms with E-state index in [1.54, 1.807) is 14.2 Å². The van der Waals surface area contributed by atoms with E-state index in [2.05, 4.69) is 25.1 Å². The minimum atomic E-state index is -2.31. The molecule has 1 aromatic rings. The molecule has 2 rings (SSSR count). The Kier molecular flexibility index (Phi) is 4.86. The number of benzene rings is 1. The average molecular weight is 284 g/mol. The third kappa shape index (κ3) is 2.80. The van der Waals surface area contributed by atoms with Gasteiger partial charge in [-0.05, 0) is 12.5 Å². The first-order valence-corrected chi connectivity index (χ1v) is 9.11. The van der Waals surface area contributed by atoms with Gasteiger partial charge >= 0.3 is 8.56 Å². The van der Waals surface area contributed by atoms with E-state index in [4.69, 9.17) is 13.6 Å². The summed E-state index contributed by atoms with van der Waals surface area (Å²) < 4.78 is 17.2. The number of hydrogen-bond donors (Lipinski definition) is 0. The average Bonchev–Trinajstić information content (AvgIpc) is 3.19. The van der Waals surface area contributed by atoms with Gasteiger partial charge in [0, 0.05) is 48.5 Å². The van der Waals surface area contributed by atoms with Crippen molar-refractivity contribution >= 4 is 25.5 Å². The van der Waals surface area contributed by atoms with Crippen LogP contribution in [0.3, 0.4) is 0 Å². The monoisotopic (exact) mass is 284 g/mol. The van der Waals surface area contributed by atoms with Crippen LogP contribution in [0.2, 0.25) is 6.04 Å². The van der Waals surface area contributed by atoms with Crippen molar-refractivity contribution < 1.29 is 13.6 Å². The maximum atomic E-state index is 5.79. The van der Waals surface area contributed by atoms with Gasteiger partial charge in [-0.2, -0.15) is 0 Å². The van der Waals surface area contributed by atoms with Crippen molar-refractivity contribution in [1.29, 1.82) is 0 Å². The zero-order valence-electron chi connectivity index (χ0n) is 11.2. The van der Waals surface area contributed by atoms with Gasteiger partial charge in [-0.25, -0.2) is 0 Å². The van der Waals surface area contributed by atoms with Gasteiger partial charge in [0.25, 0.3) is 0 Å². The maximum absolute atomic E-state index is 5.79. The third-order valence-corrected chi connectivity index (χ3v) is 7.74. The predicted molar refractivity (Wildman–Crippen MR) is 75.9 cm³/mol. The van der Waals surface area contributed by atoms with Crippen LogP contribution in [0.1, 0.15) is 13.3 Å². The lowest BCUT2D eigenvalue weighted by molar-refractivity contribution is 0.137. The van der Waals surface area contributed by atoms with Gasteiger partial charge in [0.15, 0.2) is 0 Å². The van der Waals surface area contributed by atoms with Crippen LogP contribution in [-0.2, 0) is 13.6 Å². The summed E-state index contributed by atoms with van der Waals surface area (Å²) in [6.45, 7) is 3.62. The van der Waals surface area contributed by atoms with Gasteiger partial charge < -0.3 is 13.6 Å². The first-order chi connectivity index (χ1) is 8.77. The number of hydrogen-bond acceptors (Lipinski definition) is 4. The molecule has 0 amide bonds. The second kappa shape index (κ2) is 6.21. The highest BCUT2D eigenvalue weighted by Gasteiger charge is 2.43. The molecule has 1 heterocycles. The second-order valence-electron chi connectivity index (χ2n) is 4.26. The number of ether oxygens (including phenoxy) is 1. The minimum absolute atomic E-state index is 0.704. The van der Waals surface area contributed by atoms with Crippen LogP contribution >= 0.6 is 11.8 Å². The van der Waals surface area contributed by atoms with E-state index in [0.29, 0.717) is 6.61 Å². The van der Waals surface area contributed by atoms with Gasteiger partial charge in [-0.1, -0.05) is 30.8 Å². The molecular weight excluding hydrogens is 264 g/mol. The Hall–Kier alpha value is -0.333. The molecule has 1 aliphatic rings. The van der Waals surface area contributed by atoms with Crippen molar-refractivity contribution in [2.45, 2.75) is 29.2 Å². The Morgan fingerprint density at radius 3 is 2.61 bits per heavy atom. The Morgan fingerprint density at radius 1 is 1.17 bits per heavy atom. The summed E-state index contributed by atoms with van der Waals surface area (Å²) in [6.07, 6.45) is 1.05. The van der Waals surface area contributed by atoms with Gasteiger partial charge in [0.1, 0.15) is 0 Å². The van der Waals surface area contributed by atoms with Crippen molar-refractivity contribution in [3.63, 3.8) is 0 Å². The van der Waals surface area contributed by atoms with Crippen LogP contribution < -0.4 is 5.19 Å². The van der Waals surface area contributed by atoms with E-state index in [-0.39, 0.29) is 0 Å². The molecule has 0 atom stereocenters. The molecule has 1 aromatic carbocycles. The molecule has 0 radical (unpaired) electrons. The van der Waals surface area contributed by atoms with Crippen LogP contribution in [0.5, 0.6) is 0 Å². The number of rotatable bonds is 8. The number of fused-ring (bicyclic) bond motifs is 1. The molecule has 0 spiro atoms. The highest BCUT2D eigenvalue weighted by molar-refractivity contribution is 8.05. The summed E-state index contributed by atoms with van der Waals surface area (Å²) in [5.41, 5.74) is 0. The Balaban J connectivity index is 2.09. The van der Waals surface area contributed by atoms with E-state index in [1.807, 2.05) is 11.8 Å². The zero-order chi connectivity index (χ0) is 13.0. The summed E-state index contributed by atoms with van der Waals surface area (Å²) in [6, 6.07) is 7.21. The van der Waals surface area contributed by atoms with Crippen LogP contribution in [0.25, 0.3) is 0 Å². The molecule has 0 N–H and O–H groups in total. The molecule has 0 saturated heterocycles. The first-order valence-electron chi connectivity index (χ1n) is 6.27.